The van der Waals surface area contributed by atoms with Crippen molar-refractivity contribution in [2.75, 3.05) is 32.7 Å². The second kappa shape index (κ2) is 8.51. The Bertz CT molecular complexity index is 790. The van der Waals surface area contributed by atoms with E-state index < -0.39 is 0 Å². The Hall–Kier alpha value is -1.59. The van der Waals surface area contributed by atoms with Crippen molar-refractivity contribution in [1.82, 2.24) is 14.7 Å². The molecule has 5 rings (SSSR count). The number of rotatable bonds is 3. The minimum Gasteiger partial charge on any atom is -0.342 e. The van der Waals surface area contributed by atoms with Gasteiger partial charge in [-0.3, -0.25) is 14.5 Å². The first kappa shape index (κ1) is 20.3. The van der Waals surface area contributed by atoms with Crippen molar-refractivity contribution in [2.24, 2.45) is 11.8 Å². The van der Waals surface area contributed by atoms with Crippen LogP contribution in [0, 0.1) is 11.8 Å². The van der Waals surface area contributed by atoms with E-state index in [2.05, 4.69) is 9.80 Å². The quantitative estimate of drug-likeness (QED) is 0.741. The topological polar surface area (TPSA) is 43.9 Å². The van der Waals surface area contributed by atoms with Crippen LogP contribution in [-0.4, -0.2) is 71.3 Å². The molecule has 2 bridgehead atoms. The van der Waals surface area contributed by atoms with Gasteiger partial charge in [0.25, 0.3) is 0 Å². The summed E-state index contributed by atoms with van der Waals surface area (Å²) >= 11 is 5.95. The number of nitrogens with zero attached hydrogens (tertiary/aromatic N) is 3. The molecule has 1 aromatic rings. The van der Waals surface area contributed by atoms with Crippen LogP contribution < -0.4 is 0 Å². The number of halogens is 1. The highest BCUT2D eigenvalue weighted by molar-refractivity contribution is 6.30. The Kier molecular flexibility index (Phi) is 5.76. The van der Waals surface area contributed by atoms with E-state index in [1.165, 1.54) is 12.8 Å². The van der Waals surface area contributed by atoms with Gasteiger partial charge >= 0.3 is 0 Å². The van der Waals surface area contributed by atoms with Gasteiger partial charge in [0.2, 0.25) is 11.8 Å². The van der Waals surface area contributed by atoms with Crippen molar-refractivity contribution in [3.05, 3.63) is 34.9 Å². The fourth-order valence-electron chi connectivity index (χ4n) is 6.32. The van der Waals surface area contributed by atoms with Gasteiger partial charge in [-0.25, -0.2) is 0 Å². The summed E-state index contributed by atoms with van der Waals surface area (Å²) in [6.45, 7) is 4.94. The van der Waals surface area contributed by atoms with Crippen molar-refractivity contribution in [1.29, 1.82) is 0 Å². The van der Waals surface area contributed by atoms with Crippen LogP contribution in [0.3, 0.4) is 0 Å². The average Bonchev–Trinajstić information content (AvgIpc) is 2.76. The Morgan fingerprint density at radius 1 is 1.03 bits per heavy atom. The summed E-state index contributed by atoms with van der Waals surface area (Å²) in [6.07, 6.45) is 6.90. The van der Waals surface area contributed by atoms with Crippen LogP contribution in [-0.2, 0) is 16.0 Å². The smallest absolute Gasteiger partial charge is 0.226 e. The lowest BCUT2D eigenvalue weighted by atomic mass is 9.75. The lowest BCUT2D eigenvalue weighted by molar-refractivity contribution is -0.146. The Labute approximate surface area is 184 Å². The standard InChI is InChI=1S/C24H32ClN3O2/c25-20-6-4-17(5-7-20)13-24(30)26-10-8-21(9-11-26)27-14-18-12-19(16-27)22-2-1-3-23(29)28(22)15-18/h4-7,18-19,21-22H,1-3,8-16H2/t18?,19?,22-/m1/s1. The van der Waals surface area contributed by atoms with E-state index in [1.807, 2.05) is 29.2 Å². The van der Waals surface area contributed by atoms with Gasteiger partial charge in [0, 0.05) is 56.3 Å². The summed E-state index contributed by atoms with van der Waals surface area (Å²) < 4.78 is 0. The SMILES string of the molecule is O=C(Cc1ccc(Cl)cc1)N1CCC(N2CC3CC(C2)[C@H]2CCCC(=O)N2C3)CC1. The molecule has 0 spiro atoms. The molecule has 0 aliphatic carbocycles. The van der Waals surface area contributed by atoms with Crippen molar-refractivity contribution in [3.8, 4) is 0 Å². The highest BCUT2D eigenvalue weighted by atomic mass is 35.5. The molecule has 0 saturated carbocycles. The van der Waals surface area contributed by atoms with Crippen molar-refractivity contribution in [2.45, 2.75) is 57.0 Å². The molecule has 4 fully saturated rings. The summed E-state index contributed by atoms with van der Waals surface area (Å²) in [5.41, 5.74) is 1.03. The molecular formula is C24H32ClN3O2. The summed E-state index contributed by atoms with van der Waals surface area (Å²) in [5, 5.41) is 0.707. The largest absolute Gasteiger partial charge is 0.342 e. The molecule has 2 unspecified atom stereocenters. The fourth-order valence-corrected chi connectivity index (χ4v) is 6.44. The third-order valence-corrected chi connectivity index (χ3v) is 8.06. The normalized spacial score (nSPS) is 30.3. The van der Waals surface area contributed by atoms with Crippen LogP contribution >= 0.6 is 11.6 Å². The Balaban J connectivity index is 1.15. The second-order valence-corrected chi connectivity index (χ2v) is 10.2. The van der Waals surface area contributed by atoms with Crippen molar-refractivity contribution < 1.29 is 9.59 Å². The number of piperidine rings is 4. The number of carbonyl (C=O) groups is 2. The van der Waals surface area contributed by atoms with Crippen LogP contribution in [0.2, 0.25) is 5.02 Å². The van der Waals surface area contributed by atoms with Gasteiger partial charge in [-0.05, 0) is 61.6 Å². The third kappa shape index (κ3) is 4.11. The number of benzene rings is 1. The van der Waals surface area contributed by atoms with Crippen molar-refractivity contribution in [3.63, 3.8) is 0 Å². The first-order valence-electron chi connectivity index (χ1n) is 11.6. The number of amides is 2. The number of carbonyl (C=O) groups excluding carboxylic acids is 2. The van der Waals surface area contributed by atoms with E-state index in [0.717, 1.165) is 64.0 Å². The lowest BCUT2D eigenvalue weighted by Gasteiger charge is -2.54. The number of hydrogen-bond acceptors (Lipinski definition) is 3. The molecular weight excluding hydrogens is 398 g/mol. The first-order valence-corrected chi connectivity index (χ1v) is 12.0. The Morgan fingerprint density at radius 3 is 2.57 bits per heavy atom. The molecule has 3 atom stereocenters. The zero-order valence-electron chi connectivity index (χ0n) is 17.6. The number of likely N-dealkylation sites (tertiary alicyclic amines) is 2. The van der Waals surface area contributed by atoms with Gasteiger partial charge < -0.3 is 9.80 Å². The molecule has 4 aliphatic heterocycles. The molecule has 1 aromatic carbocycles. The lowest BCUT2D eigenvalue weighted by Crippen LogP contribution is -2.62. The predicted octanol–water partition coefficient (Wildman–Crippen LogP) is 3.21. The van der Waals surface area contributed by atoms with Crippen molar-refractivity contribution >= 4 is 23.4 Å². The second-order valence-electron chi connectivity index (χ2n) is 9.74. The molecule has 4 saturated heterocycles. The number of hydrogen-bond donors (Lipinski definition) is 0. The van der Waals surface area contributed by atoms with E-state index >= 15 is 0 Å². The molecule has 0 N–H and O–H groups in total. The molecule has 4 aliphatic rings. The Morgan fingerprint density at radius 2 is 1.80 bits per heavy atom. The minimum absolute atomic E-state index is 0.225. The summed E-state index contributed by atoms with van der Waals surface area (Å²) in [6, 6.07) is 8.65. The van der Waals surface area contributed by atoms with Crippen LogP contribution in [0.5, 0.6) is 0 Å². The molecule has 0 radical (unpaired) electrons. The molecule has 5 nitrogen and oxygen atoms in total. The summed E-state index contributed by atoms with van der Waals surface area (Å²) in [4.78, 5) is 32.0. The highest BCUT2D eigenvalue weighted by Crippen LogP contribution is 2.39. The van der Waals surface area contributed by atoms with Gasteiger partial charge in [-0.1, -0.05) is 23.7 Å². The van der Waals surface area contributed by atoms with Gasteiger partial charge in [0.15, 0.2) is 0 Å². The molecule has 30 heavy (non-hydrogen) atoms. The predicted molar refractivity (Wildman–Crippen MR) is 117 cm³/mol. The monoisotopic (exact) mass is 429 g/mol. The van der Waals surface area contributed by atoms with Gasteiger partial charge in [0.05, 0.1) is 6.42 Å². The van der Waals surface area contributed by atoms with E-state index in [-0.39, 0.29) is 5.91 Å². The van der Waals surface area contributed by atoms with Crippen LogP contribution in [0.1, 0.15) is 44.1 Å². The first-order chi connectivity index (χ1) is 14.6. The molecule has 4 heterocycles. The van der Waals surface area contributed by atoms with E-state index in [1.54, 1.807) is 0 Å². The van der Waals surface area contributed by atoms with Gasteiger partial charge in [-0.2, -0.15) is 0 Å². The van der Waals surface area contributed by atoms with Gasteiger partial charge in [-0.15, -0.1) is 0 Å². The van der Waals surface area contributed by atoms with E-state index in [9.17, 15) is 9.59 Å². The van der Waals surface area contributed by atoms with Crippen LogP contribution in [0.15, 0.2) is 24.3 Å². The molecule has 2 amide bonds. The van der Waals surface area contributed by atoms with E-state index in [4.69, 9.17) is 11.6 Å². The molecule has 162 valence electrons. The molecule has 6 heteroatoms. The average molecular weight is 430 g/mol. The fraction of sp³-hybridized carbons (Fsp3) is 0.667. The van der Waals surface area contributed by atoms with Crippen LogP contribution in [0.4, 0.5) is 0 Å². The maximum absolute atomic E-state index is 12.7. The minimum atomic E-state index is 0.225. The van der Waals surface area contributed by atoms with Crippen LogP contribution in [0.25, 0.3) is 0 Å². The summed E-state index contributed by atoms with van der Waals surface area (Å²) in [5.74, 6) is 1.89. The highest BCUT2D eigenvalue weighted by Gasteiger charge is 2.45. The van der Waals surface area contributed by atoms with Gasteiger partial charge in [0.1, 0.15) is 0 Å². The third-order valence-electron chi connectivity index (χ3n) is 7.81. The maximum Gasteiger partial charge on any atom is 0.226 e. The maximum atomic E-state index is 12.7. The summed E-state index contributed by atoms with van der Waals surface area (Å²) in [7, 11) is 0. The van der Waals surface area contributed by atoms with E-state index in [0.29, 0.717) is 41.3 Å². The molecule has 0 aromatic heterocycles. The zero-order chi connectivity index (χ0) is 20.7. The zero-order valence-corrected chi connectivity index (χ0v) is 18.4. The number of fused-ring (bicyclic) bond motifs is 4.